The molecule has 2 nitrogen and oxygen atoms in total. The minimum absolute atomic E-state index is 0.0936. The van der Waals surface area contributed by atoms with E-state index in [4.69, 9.17) is 0 Å². The summed E-state index contributed by atoms with van der Waals surface area (Å²) in [5.74, 6) is -0.0936. The molecule has 0 heterocycles. The Labute approximate surface area is 89.4 Å². The maximum atomic E-state index is 11.5. The van der Waals surface area contributed by atoms with Crippen molar-refractivity contribution in [2.24, 2.45) is 0 Å². The Morgan fingerprint density at radius 1 is 1.57 bits per heavy atom. The fourth-order valence-corrected chi connectivity index (χ4v) is 1.21. The van der Waals surface area contributed by atoms with E-state index in [2.05, 4.69) is 24.5 Å². The second-order valence-corrected chi connectivity index (χ2v) is 3.71. The van der Waals surface area contributed by atoms with E-state index in [1.54, 1.807) is 18.2 Å². The Morgan fingerprint density at radius 3 is 2.86 bits per heavy atom. The molecule has 0 spiro atoms. The molecular weight excluding hydrogens is 194 g/mol. The van der Waals surface area contributed by atoms with Crippen LogP contribution in [0.25, 0.3) is 0 Å². The lowest BCUT2D eigenvalue weighted by atomic mass is 10.2. The summed E-state index contributed by atoms with van der Waals surface area (Å²) in [5, 5.41) is 2.75. The SMILES string of the molecule is C=C(C)CNC(=O)c1cccc(S)c1. The van der Waals surface area contributed by atoms with Crippen molar-refractivity contribution in [2.45, 2.75) is 11.8 Å². The van der Waals surface area contributed by atoms with Gasteiger partial charge in [-0.2, -0.15) is 0 Å². The molecule has 0 aliphatic rings. The quantitative estimate of drug-likeness (QED) is 0.578. The van der Waals surface area contributed by atoms with E-state index < -0.39 is 0 Å². The molecule has 0 fully saturated rings. The summed E-state index contributed by atoms with van der Waals surface area (Å²) in [5.41, 5.74) is 1.55. The topological polar surface area (TPSA) is 29.1 Å². The lowest BCUT2D eigenvalue weighted by Gasteiger charge is -2.04. The molecule has 0 aliphatic carbocycles. The van der Waals surface area contributed by atoms with E-state index in [1.807, 2.05) is 13.0 Å². The Kier molecular flexibility index (Phi) is 3.77. The molecule has 1 amide bonds. The number of thiol groups is 1. The van der Waals surface area contributed by atoms with Gasteiger partial charge in [0.05, 0.1) is 0 Å². The number of amides is 1. The maximum Gasteiger partial charge on any atom is 0.251 e. The monoisotopic (exact) mass is 207 g/mol. The Morgan fingerprint density at radius 2 is 2.29 bits per heavy atom. The lowest BCUT2D eigenvalue weighted by molar-refractivity contribution is 0.0957. The van der Waals surface area contributed by atoms with E-state index >= 15 is 0 Å². The molecule has 0 atom stereocenters. The van der Waals surface area contributed by atoms with Crippen molar-refractivity contribution in [1.29, 1.82) is 0 Å². The molecule has 0 aliphatic heterocycles. The van der Waals surface area contributed by atoms with Crippen LogP contribution >= 0.6 is 12.6 Å². The first kappa shape index (κ1) is 10.9. The standard InChI is InChI=1S/C11H13NOS/c1-8(2)7-12-11(13)9-4-3-5-10(14)6-9/h3-6,14H,1,7H2,2H3,(H,12,13). The highest BCUT2D eigenvalue weighted by atomic mass is 32.1. The summed E-state index contributed by atoms with van der Waals surface area (Å²) >= 11 is 4.16. The van der Waals surface area contributed by atoms with Crippen molar-refractivity contribution in [2.75, 3.05) is 6.54 Å². The molecule has 0 aromatic heterocycles. The molecule has 1 aromatic rings. The Bertz CT molecular complexity index is 360. The summed E-state index contributed by atoms with van der Waals surface area (Å²) < 4.78 is 0. The first-order valence-electron chi connectivity index (χ1n) is 4.31. The highest BCUT2D eigenvalue weighted by Gasteiger charge is 2.03. The van der Waals surface area contributed by atoms with E-state index in [0.717, 1.165) is 10.5 Å². The van der Waals surface area contributed by atoms with Gasteiger partial charge < -0.3 is 5.32 Å². The van der Waals surface area contributed by atoms with Crippen LogP contribution in [0.15, 0.2) is 41.3 Å². The second-order valence-electron chi connectivity index (χ2n) is 3.19. The van der Waals surface area contributed by atoms with Crippen LogP contribution in [-0.2, 0) is 0 Å². The van der Waals surface area contributed by atoms with Crippen LogP contribution < -0.4 is 5.32 Å². The average Bonchev–Trinajstić information content (AvgIpc) is 2.14. The summed E-state index contributed by atoms with van der Waals surface area (Å²) in [4.78, 5) is 12.3. The molecule has 0 bridgehead atoms. The van der Waals surface area contributed by atoms with Crippen molar-refractivity contribution in [3.63, 3.8) is 0 Å². The van der Waals surface area contributed by atoms with Gasteiger partial charge >= 0.3 is 0 Å². The van der Waals surface area contributed by atoms with Gasteiger partial charge in [-0.05, 0) is 25.1 Å². The van der Waals surface area contributed by atoms with E-state index in [-0.39, 0.29) is 5.91 Å². The van der Waals surface area contributed by atoms with Crippen LogP contribution in [0.4, 0.5) is 0 Å². The van der Waals surface area contributed by atoms with Crippen LogP contribution in [0.1, 0.15) is 17.3 Å². The Balaban J connectivity index is 2.65. The van der Waals surface area contributed by atoms with E-state index in [9.17, 15) is 4.79 Å². The van der Waals surface area contributed by atoms with Gasteiger partial charge in [-0.15, -0.1) is 12.6 Å². The molecule has 0 saturated heterocycles. The first-order valence-corrected chi connectivity index (χ1v) is 4.76. The van der Waals surface area contributed by atoms with E-state index in [1.165, 1.54) is 0 Å². The molecule has 74 valence electrons. The maximum absolute atomic E-state index is 11.5. The third kappa shape index (κ3) is 3.26. The normalized spacial score (nSPS) is 9.57. The predicted molar refractivity (Wildman–Crippen MR) is 60.8 cm³/mol. The van der Waals surface area contributed by atoms with Crippen LogP contribution in [0.3, 0.4) is 0 Å². The Hall–Kier alpha value is -1.22. The van der Waals surface area contributed by atoms with Crippen LogP contribution in [0, 0.1) is 0 Å². The fourth-order valence-electron chi connectivity index (χ4n) is 0.980. The number of benzene rings is 1. The molecule has 0 radical (unpaired) electrons. The molecule has 1 N–H and O–H groups in total. The number of carbonyl (C=O) groups excluding carboxylic acids is 1. The predicted octanol–water partition coefficient (Wildman–Crippen LogP) is 2.28. The van der Waals surface area contributed by atoms with Crippen molar-refractivity contribution in [1.82, 2.24) is 5.32 Å². The van der Waals surface area contributed by atoms with Crippen LogP contribution in [-0.4, -0.2) is 12.5 Å². The summed E-state index contributed by atoms with van der Waals surface area (Å²) in [6, 6.07) is 7.13. The zero-order valence-corrected chi connectivity index (χ0v) is 8.97. The highest BCUT2D eigenvalue weighted by molar-refractivity contribution is 7.80. The van der Waals surface area contributed by atoms with Gasteiger partial charge in [0.1, 0.15) is 0 Å². The summed E-state index contributed by atoms with van der Waals surface area (Å²) in [6.07, 6.45) is 0. The van der Waals surface area contributed by atoms with Gasteiger partial charge in [0.2, 0.25) is 0 Å². The third-order valence-corrected chi connectivity index (χ3v) is 1.94. The number of carbonyl (C=O) groups is 1. The van der Waals surface area contributed by atoms with Crippen LogP contribution in [0.2, 0.25) is 0 Å². The number of rotatable bonds is 3. The van der Waals surface area contributed by atoms with Crippen molar-refractivity contribution < 1.29 is 4.79 Å². The smallest absolute Gasteiger partial charge is 0.251 e. The zero-order chi connectivity index (χ0) is 10.6. The second kappa shape index (κ2) is 4.86. The van der Waals surface area contributed by atoms with E-state index in [0.29, 0.717) is 12.1 Å². The number of hydrogen-bond acceptors (Lipinski definition) is 2. The molecule has 14 heavy (non-hydrogen) atoms. The zero-order valence-electron chi connectivity index (χ0n) is 8.08. The average molecular weight is 207 g/mol. The van der Waals surface area contributed by atoms with Gasteiger partial charge in [0.25, 0.3) is 5.91 Å². The molecule has 1 aromatic carbocycles. The molecule has 0 unspecified atom stereocenters. The molecule has 1 rings (SSSR count). The largest absolute Gasteiger partial charge is 0.348 e. The van der Waals surface area contributed by atoms with Gasteiger partial charge in [-0.3, -0.25) is 4.79 Å². The molecular formula is C11H13NOS. The number of nitrogens with one attached hydrogen (secondary N) is 1. The molecule has 0 saturated carbocycles. The number of hydrogen-bond donors (Lipinski definition) is 2. The fraction of sp³-hybridized carbons (Fsp3) is 0.182. The van der Waals surface area contributed by atoms with Crippen molar-refractivity contribution in [3.8, 4) is 0 Å². The molecule has 3 heteroatoms. The summed E-state index contributed by atoms with van der Waals surface area (Å²) in [6.45, 7) is 6.09. The first-order chi connectivity index (χ1) is 6.59. The van der Waals surface area contributed by atoms with Crippen molar-refractivity contribution in [3.05, 3.63) is 42.0 Å². The van der Waals surface area contributed by atoms with Gasteiger partial charge in [0.15, 0.2) is 0 Å². The van der Waals surface area contributed by atoms with Gasteiger partial charge in [-0.1, -0.05) is 18.2 Å². The van der Waals surface area contributed by atoms with Gasteiger partial charge in [0, 0.05) is 17.0 Å². The lowest BCUT2D eigenvalue weighted by Crippen LogP contribution is -2.24. The van der Waals surface area contributed by atoms with Gasteiger partial charge in [-0.25, -0.2) is 0 Å². The minimum atomic E-state index is -0.0936. The summed E-state index contributed by atoms with van der Waals surface area (Å²) in [7, 11) is 0. The van der Waals surface area contributed by atoms with Crippen LogP contribution in [0.5, 0.6) is 0 Å². The third-order valence-electron chi connectivity index (χ3n) is 1.66. The van der Waals surface area contributed by atoms with Crippen molar-refractivity contribution >= 4 is 18.5 Å². The minimum Gasteiger partial charge on any atom is -0.348 e. The highest BCUT2D eigenvalue weighted by Crippen LogP contribution is 2.08.